The van der Waals surface area contributed by atoms with Gasteiger partial charge in [0.15, 0.2) is 0 Å². The van der Waals surface area contributed by atoms with E-state index < -0.39 is 29.7 Å². The highest BCUT2D eigenvalue weighted by atomic mass is 19.4. The first-order valence-corrected chi connectivity index (χ1v) is 10.00. The summed E-state index contributed by atoms with van der Waals surface area (Å²) in [6.07, 6.45) is -5.64. The molecule has 0 aliphatic rings. The number of ether oxygens (including phenoxy) is 1. The van der Waals surface area contributed by atoms with Crippen LogP contribution in [0.2, 0.25) is 0 Å². The van der Waals surface area contributed by atoms with E-state index in [-0.39, 0.29) is 30.9 Å². The number of aliphatic hydroxyl groups is 1. The van der Waals surface area contributed by atoms with Gasteiger partial charge in [-0.25, -0.2) is 0 Å². The van der Waals surface area contributed by atoms with Crippen LogP contribution in [0.25, 0.3) is 0 Å². The second-order valence-corrected chi connectivity index (χ2v) is 8.30. The Morgan fingerprint density at radius 3 is 2.25 bits per heavy atom. The van der Waals surface area contributed by atoms with E-state index in [0.717, 1.165) is 17.7 Å². The van der Waals surface area contributed by atoms with Gasteiger partial charge in [-0.2, -0.15) is 13.2 Å². The molecule has 0 radical (unpaired) electrons. The van der Waals surface area contributed by atoms with Crippen LogP contribution in [0, 0.1) is 0 Å². The van der Waals surface area contributed by atoms with Crippen LogP contribution in [0.4, 0.5) is 13.2 Å². The summed E-state index contributed by atoms with van der Waals surface area (Å²) in [5.41, 5.74) is 0.593. The molecule has 0 aromatic heterocycles. The Labute approximate surface area is 184 Å². The molecule has 0 saturated heterocycles. The van der Waals surface area contributed by atoms with Crippen LogP contribution in [0.1, 0.15) is 42.3 Å². The molecule has 2 aromatic rings. The van der Waals surface area contributed by atoms with Gasteiger partial charge < -0.3 is 20.5 Å². The van der Waals surface area contributed by atoms with Crippen molar-refractivity contribution in [1.29, 1.82) is 0 Å². The Morgan fingerprint density at radius 2 is 1.66 bits per heavy atom. The first-order chi connectivity index (χ1) is 14.9. The molecule has 2 aromatic carbocycles. The van der Waals surface area contributed by atoms with Gasteiger partial charge in [0.1, 0.15) is 18.5 Å². The summed E-state index contributed by atoms with van der Waals surface area (Å²) in [4.78, 5) is 24.1. The SMILES string of the molecule is CC(C)(C)c1ccc(C(=O)NCC(=O)NCC(O)COc2cccc(C(F)(F)F)c2)cc1. The Bertz CT molecular complexity index is 922. The summed E-state index contributed by atoms with van der Waals surface area (Å²) in [6, 6.07) is 11.4. The minimum atomic E-state index is -4.50. The third-order valence-corrected chi connectivity index (χ3v) is 4.56. The van der Waals surface area contributed by atoms with Crippen molar-refractivity contribution in [2.75, 3.05) is 19.7 Å². The quantitative estimate of drug-likeness (QED) is 0.574. The van der Waals surface area contributed by atoms with Crippen molar-refractivity contribution < 1.29 is 32.6 Å². The molecule has 0 aliphatic heterocycles. The molecular weight excluding hydrogens is 425 g/mol. The fourth-order valence-electron chi connectivity index (χ4n) is 2.69. The molecule has 6 nitrogen and oxygen atoms in total. The van der Waals surface area contributed by atoms with E-state index in [1.165, 1.54) is 12.1 Å². The number of carbonyl (C=O) groups excluding carboxylic acids is 2. The molecule has 0 fully saturated rings. The average molecular weight is 452 g/mol. The molecule has 0 heterocycles. The van der Waals surface area contributed by atoms with Crippen molar-refractivity contribution in [2.45, 2.75) is 38.5 Å². The summed E-state index contributed by atoms with van der Waals surface area (Å²) in [5.74, 6) is -0.980. The van der Waals surface area contributed by atoms with E-state index in [0.29, 0.717) is 5.56 Å². The summed E-state index contributed by atoms with van der Waals surface area (Å²) in [7, 11) is 0. The lowest BCUT2D eigenvalue weighted by Gasteiger charge is -2.19. The molecule has 0 bridgehead atoms. The van der Waals surface area contributed by atoms with Crippen LogP contribution in [-0.4, -0.2) is 42.7 Å². The lowest BCUT2D eigenvalue weighted by atomic mass is 9.87. The fraction of sp³-hybridized carbons (Fsp3) is 0.391. The molecule has 1 unspecified atom stereocenters. The van der Waals surface area contributed by atoms with Gasteiger partial charge in [-0.15, -0.1) is 0 Å². The molecule has 0 aliphatic carbocycles. The standard InChI is InChI=1S/C23H27F3N2O4/c1-22(2,3)16-9-7-15(8-10-16)21(31)28-13-20(30)27-12-18(29)14-32-19-6-4-5-17(11-19)23(24,25)26/h4-11,18,29H,12-14H2,1-3H3,(H,27,30)(H,28,31). The summed E-state index contributed by atoms with van der Waals surface area (Å²) in [5, 5.41) is 14.8. The number of alkyl halides is 3. The molecule has 0 spiro atoms. The maximum atomic E-state index is 12.7. The van der Waals surface area contributed by atoms with Crippen LogP contribution in [-0.2, 0) is 16.4 Å². The zero-order chi connectivity index (χ0) is 23.9. The maximum Gasteiger partial charge on any atom is 0.416 e. The first-order valence-electron chi connectivity index (χ1n) is 10.00. The monoisotopic (exact) mass is 452 g/mol. The lowest BCUT2D eigenvalue weighted by molar-refractivity contribution is -0.137. The molecule has 2 rings (SSSR count). The van der Waals surface area contributed by atoms with Gasteiger partial charge in [-0.3, -0.25) is 9.59 Å². The largest absolute Gasteiger partial charge is 0.491 e. The number of halogens is 3. The molecule has 1 atom stereocenters. The second kappa shape index (κ2) is 10.5. The highest BCUT2D eigenvalue weighted by Gasteiger charge is 2.30. The minimum absolute atomic E-state index is 0.0411. The highest BCUT2D eigenvalue weighted by molar-refractivity contribution is 5.96. The van der Waals surface area contributed by atoms with E-state index in [2.05, 4.69) is 31.4 Å². The fourth-order valence-corrected chi connectivity index (χ4v) is 2.69. The normalized spacial score (nSPS) is 12.7. The Hall–Kier alpha value is -3.07. The van der Waals surface area contributed by atoms with Gasteiger partial charge in [0, 0.05) is 12.1 Å². The number of hydrogen-bond acceptors (Lipinski definition) is 4. The van der Waals surface area contributed by atoms with Gasteiger partial charge in [0.05, 0.1) is 12.1 Å². The minimum Gasteiger partial charge on any atom is -0.491 e. The number of amides is 2. The lowest BCUT2D eigenvalue weighted by Crippen LogP contribution is -2.41. The topological polar surface area (TPSA) is 87.7 Å². The predicted molar refractivity (Wildman–Crippen MR) is 113 cm³/mol. The van der Waals surface area contributed by atoms with E-state index >= 15 is 0 Å². The van der Waals surface area contributed by atoms with Crippen LogP contribution >= 0.6 is 0 Å². The predicted octanol–water partition coefficient (Wildman–Crippen LogP) is 3.29. The highest BCUT2D eigenvalue weighted by Crippen LogP contribution is 2.31. The van der Waals surface area contributed by atoms with Crippen molar-refractivity contribution in [3.63, 3.8) is 0 Å². The zero-order valence-electron chi connectivity index (χ0n) is 18.1. The van der Waals surface area contributed by atoms with E-state index in [9.17, 15) is 27.9 Å². The molecular formula is C23H27F3N2O4. The zero-order valence-corrected chi connectivity index (χ0v) is 18.1. The van der Waals surface area contributed by atoms with E-state index in [4.69, 9.17) is 4.74 Å². The maximum absolute atomic E-state index is 12.7. The first kappa shape index (κ1) is 25.2. The van der Waals surface area contributed by atoms with Crippen LogP contribution in [0.15, 0.2) is 48.5 Å². The molecule has 3 N–H and O–H groups in total. The van der Waals surface area contributed by atoms with Crippen molar-refractivity contribution in [1.82, 2.24) is 10.6 Å². The number of rotatable bonds is 8. The number of aliphatic hydroxyl groups excluding tert-OH is 1. The van der Waals surface area contributed by atoms with Crippen molar-refractivity contribution in [2.24, 2.45) is 0 Å². The summed E-state index contributed by atoms with van der Waals surface area (Å²) in [6.45, 7) is 5.39. The van der Waals surface area contributed by atoms with E-state index in [1.54, 1.807) is 12.1 Å². The molecule has 174 valence electrons. The van der Waals surface area contributed by atoms with Gasteiger partial charge in [-0.05, 0) is 41.3 Å². The third kappa shape index (κ3) is 7.88. The number of nitrogens with one attached hydrogen (secondary N) is 2. The van der Waals surface area contributed by atoms with E-state index in [1.807, 2.05) is 12.1 Å². The molecule has 2 amide bonds. The van der Waals surface area contributed by atoms with Crippen molar-refractivity contribution in [3.05, 3.63) is 65.2 Å². The molecule has 0 saturated carbocycles. The number of carbonyl (C=O) groups is 2. The van der Waals surface area contributed by atoms with Crippen molar-refractivity contribution >= 4 is 11.8 Å². The van der Waals surface area contributed by atoms with Gasteiger partial charge in [0.2, 0.25) is 5.91 Å². The van der Waals surface area contributed by atoms with Crippen LogP contribution < -0.4 is 15.4 Å². The third-order valence-electron chi connectivity index (χ3n) is 4.56. The average Bonchev–Trinajstić information content (AvgIpc) is 2.73. The van der Waals surface area contributed by atoms with Crippen molar-refractivity contribution in [3.8, 4) is 5.75 Å². The summed E-state index contributed by atoms with van der Waals surface area (Å²) < 4.78 is 43.2. The second-order valence-electron chi connectivity index (χ2n) is 8.30. The Morgan fingerprint density at radius 1 is 1.00 bits per heavy atom. The van der Waals surface area contributed by atoms with Gasteiger partial charge in [0.25, 0.3) is 5.91 Å². The summed E-state index contributed by atoms with van der Waals surface area (Å²) >= 11 is 0. The molecule has 32 heavy (non-hydrogen) atoms. The molecule has 9 heteroatoms. The van der Waals surface area contributed by atoms with Gasteiger partial charge in [-0.1, -0.05) is 39.0 Å². The Kier molecular flexibility index (Phi) is 8.26. The number of benzene rings is 2. The smallest absolute Gasteiger partial charge is 0.416 e. The number of hydrogen-bond donors (Lipinski definition) is 3. The Balaban J connectivity index is 1.73. The van der Waals surface area contributed by atoms with Gasteiger partial charge >= 0.3 is 6.18 Å². The van der Waals surface area contributed by atoms with Crippen LogP contribution in [0.5, 0.6) is 5.75 Å². The van der Waals surface area contributed by atoms with Crippen LogP contribution in [0.3, 0.4) is 0 Å².